The molecule has 0 aromatic rings. The molecule has 0 heterocycles. The number of hydrogen-bond donors (Lipinski definition) is 3. The first-order valence-corrected chi connectivity index (χ1v) is 2.74. The molecule has 0 fully saturated rings. The Balaban J connectivity index is 3.64. The molecule has 0 saturated heterocycles. The lowest BCUT2D eigenvalue weighted by atomic mass is 10.2. The minimum Gasteiger partial charge on any atom is -0.480 e. The van der Waals surface area contributed by atoms with Crippen molar-refractivity contribution in [3.8, 4) is 0 Å². The summed E-state index contributed by atoms with van der Waals surface area (Å²) in [5, 5.41) is 7.89. The number of carboxylic acids is 1. The van der Waals surface area contributed by atoms with Crippen LogP contribution in [0.25, 0.3) is 0 Å². The topological polar surface area (TPSA) is 63.3 Å². The number of aliphatic carboxylic acids is 1. The van der Waals surface area contributed by atoms with E-state index in [0.29, 0.717) is 0 Å². The van der Waals surface area contributed by atoms with Crippen molar-refractivity contribution in [2.45, 2.75) is 18.2 Å². The number of carbonyl (C=O) groups is 1. The van der Waals surface area contributed by atoms with Crippen LogP contribution in [0.4, 0.5) is 0 Å². The summed E-state index contributed by atoms with van der Waals surface area (Å²) in [6.07, 6.45) is 0. The molecule has 0 aliphatic heterocycles. The summed E-state index contributed by atoms with van der Waals surface area (Å²) in [6.45, 7) is 1.64. The molecule has 0 rings (SSSR count). The zero-order chi connectivity index (χ0) is 6.73. The maximum absolute atomic E-state index is 9.97. The van der Waals surface area contributed by atoms with Gasteiger partial charge in [-0.15, -0.1) is 0 Å². The second kappa shape index (κ2) is 2.94. The smallest absolute Gasteiger partial charge is 0.321 e. The van der Waals surface area contributed by atoms with E-state index in [1.165, 1.54) is 0 Å². The summed E-state index contributed by atoms with van der Waals surface area (Å²) < 4.78 is 0. The van der Waals surface area contributed by atoms with Gasteiger partial charge in [0.25, 0.3) is 0 Å². The Morgan fingerprint density at radius 2 is 2.25 bits per heavy atom. The number of rotatable bonds is 2. The van der Waals surface area contributed by atoms with Gasteiger partial charge in [0.1, 0.15) is 6.04 Å². The minimum absolute atomic E-state index is 0.285. The van der Waals surface area contributed by atoms with Gasteiger partial charge in [-0.1, -0.05) is 6.92 Å². The fraction of sp³-hybridized carbons (Fsp3) is 0.750. The molecule has 3 N–H and O–H groups in total. The zero-order valence-corrected chi connectivity index (χ0v) is 5.43. The summed E-state index contributed by atoms with van der Waals surface area (Å²) in [5.41, 5.74) is 5.08. The van der Waals surface area contributed by atoms with E-state index in [1.807, 2.05) is 0 Å². The van der Waals surface area contributed by atoms with E-state index in [9.17, 15) is 4.79 Å². The van der Waals surface area contributed by atoms with E-state index >= 15 is 0 Å². The first-order chi connectivity index (χ1) is 3.55. The van der Waals surface area contributed by atoms with Crippen LogP contribution >= 0.6 is 12.6 Å². The number of thiol groups is 1. The lowest BCUT2D eigenvalue weighted by Gasteiger charge is -2.07. The van der Waals surface area contributed by atoms with Crippen molar-refractivity contribution in [3.63, 3.8) is 0 Å². The SMILES string of the molecule is C[C@H](S)[C@@H](N)C(=O)O. The van der Waals surface area contributed by atoms with Gasteiger partial charge >= 0.3 is 5.97 Å². The summed E-state index contributed by atoms with van der Waals surface area (Å²) >= 11 is 3.83. The maximum Gasteiger partial charge on any atom is 0.321 e. The predicted molar refractivity (Wildman–Crippen MR) is 34.1 cm³/mol. The molecule has 0 saturated carbocycles. The van der Waals surface area contributed by atoms with Gasteiger partial charge < -0.3 is 10.8 Å². The highest BCUT2D eigenvalue weighted by Crippen LogP contribution is 1.96. The fourth-order valence-corrected chi connectivity index (χ4v) is 0.334. The number of nitrogens with two attached hydrogens (primary N) is 1. The average Bonchev–Trinajstić information content (AvgIpc) is 1.64. The van der Waals surface area contributed by atoms with Gasteiger partial charge in [-0.3, -0.25) is 4.79 Å². The Kier molecular flexibility index (Phi) is 2.86. The maximum atomic E-state index is 9.97. The van der Waals surface area contributed by atoms with Crippen LogP contribution in [0, 0.1) is 0 Å². The molecule has 2 atom stereocenters. The highest BCUT2D eigenvalue weighted by atomic mass is 32.1. The van der Waals surface area contributed by atoms with E-state index in [0.717, 1.165) is 0 Å². The molecule has 0 amide bonds. The van der Waals surface area contributed by atoms with Gasteiger partial charge in [0.2, 0.25) is 0 Å². The second-order valence-electron chi connectivity index (χ2n) is 1.60. The Labute approximate surface area is 53.3 Å². The molecule has 0 aliphatic carbocycles. The van der Waals surface area contributed by atoms with Crippen LogP contribution in [-0.4, -0.2) is 22.4 Å². The number of hydrogen-bond acceptors (Lipinski definition) is 3. The van der Waals surface area contributed by atoms with Crippen LogP contribution in [0.5, 0.6) is 0 Å². The van der Waals surface area contributed by atoms with E-state index in [-0.39, 0.29) is 5.25 Å². The number of carboxylic acid groups (broad SMARTS) is 1. The summed E-state index contributed by atoms with van der Waals surface area (Å²) in [4.78, 5) is 9.97. The Morgan fingerprint density at radius 3 is 2.25 bits per heavy atom. The van der Waals surface area contributed by atoms with Gasteiger partial charge in [-0.2, -0.15) is 12.6 Å². The van der Waals surface area contributed by atoms with Crippen molar-refractivity contribution in [2.75, 3.05) is 0 Å². The van der Waals surface area contributed by atoms with Crippen molar-refractivity contribution >= 4 is 18.6 Å². The summed E-state index contributed by atoms with van der Waals surface area (Å²) in [5.74, 6) is -1.01. The van der Waals surface area contributed by atoms with E-state index < -0.39 is 12.0 Å². The lowest BCUT2D eigenvalue weighted by Crippen LogP contribution is -2.37. The first-order valence-electron chi connectivity index (χ1n) is 2.22. The third-order valence-electron chi connectivity index (χ3n) is 0.805. The van der Waals surface area contributed by atoms with Crippen molar-refractivity contribution in [1.82, 2.24) is 0 Å². The van der Waals surface area contributed by atoms with Crippen LogP contribution in [0.1, 0.15) is 6.92 Å². The molecule has 8 heavy (non-hydrogen) atoms. The van der Waals surface area contributed by atoms with Crippen LogP contribution in [0.2, 0.25) is 0 Å². The lowest BCUT2D eigenvalue weighted by molar-refractivity contribution is -0.138. The molecule has 0 aromatic carbocycles. The van der Waals surface area contributed by atoms with Crippen molar-refractivity contribution < 1.29 is 9.90 Å². The molecule has 0 unspecified atom stereocenters. The molecule has 0 bridgehead atoms. The van der Waals surface area contributed by atoms with E-state index in [1.54, 1.807) is 6.92 Å². The normalized spacial score (nSPS) is 17.4. The summed E-state index contributed by atoms with van der Waals surface area (Å²) in [6, 6.07) is -0.849. The molecule has 0 spiro atoms. The second-order valence-corrected chi connectivity index (χ2v) is 2.42. The molecular formula is C4H9NO2S. The first kappa shape index (κ1) is 7.78. The van der Waals surface area contributed by atoms with Crippen molar-refractivity contribution in [2.24, 2.45) is 5.73 Å². The van der Waals surface area contributed by atoms with Crippen LogP contribution in [0.15, 0.2) is 0 Å². The standard InChI is InChI=1S/C4H9NO2S/c1-2(8)3(5)4(6)7/h2-3,8H,5H2,1H3,(H,6,7)/t2-,3+/m0/s1. The van der Waals surface area contributed by atoms with E-state index in [2.05, 4.69) is 12.6 Å². The monoisotopic (exact) mass is 135 g/mol. The Bertz CT molecular complexity index is 94.0. The molecule has 0 aromatic heterocycles. The third kappa shape index (κ3) is 2.18. The minimum atomic E-state index is -1.01. The average molecular weight is 135 g/mol. The molecular weight excluding hydrogens is 126 g/mol. The van der Waals surface area contributed by atoms with Crippen molar-refractivity contribution in [3.05, 3.63) is 0 Å². The molecule has 0 aliphatic rings. The highest BCUT2D eigenvalue weighted by molar-refractivity contribution is 7.81. The molecule has 48 valence electrons. The van der Waals surface area contributed by atoms with Crippen LogP contribution in [0.3, 0.4) is 0 Å². The van der Waals surface area contributed by atoms with Gasteiger partial charge in [0.15, 0.2) is 0 Å². The van der Waals surface area contributed by atoms with Crippen LogP contribution in [-0.2, 0) is 4.79 Å². The van der Waals surface area contributed by atoms with Gasteiger partial charge in [-0.25, -0.2) is 0 Å². The molecule has 3 nitrogen and oxygen atoms in total. The predicted octanol–water partition coefficient (Wildman–Crippen LogP) is -0.283. The Hall–Kier alpha value is -0.220. The van der Waals surface area contributed by atoms with Gasteiger partial charge in [0, 0.05) is 5.25 Å². The summed E-state index contributed by atoms with van der Waals surface area (Å²) in [7, 11) is 0. The van der Waals surface area contributed by atoms with Gasteiger partial charge in [-0.05, 0) is 0 Å². The fourth-order valence-electron chi connectivity index (χ4n) is 0.206. The van der Waals surface area contributed by atoms with Crippen molar-refractivity contribution in [1.29, 1.82) is 0 Å². The van der Waals surface area contributed by atoms with E-state index in [4.69, 9.17) is 10.8 Å². The quantitative estimate of drug-likeness (QED) is 0.456. The molecule has 4 heteroatoms. The van der Waals surface area contributed by atoms with Gasteiger partial charge in [0.05, 0.1) is 0 Å². The largest absolute Gasteiger partial charge is 0.480 e. The Morgan fingerprint density at radius 1 is 1.88 bits per heavy atom. The molecule has 0 radical (unpaired) electrons. The highest BCUT2D eigenvalue weighted by Gasteiger charge is 2.15. The third-order valence-corrected chi connectivity index (χ3v) is 1.13. The van der Waals surface area contributed by atoms with Crippen LogP contribution < -0.4 is 5.73 Å². The zero-order valence-electron chi connectivity index (χ0n) is 4.53.